The lowest BCUT2D eigenvalue weighted by Gasteiger charge is -2.24. The number of benzene rings is 1. The molecule has 3 heterocycles. The highest BCUT2D eigenvalue weighted by Crippen LogP contribution is 2.41. The van der Waals surface area contributed by atoms with Gasteiger partial charge in [0.05, 0.1) is 29.6 Å². The van der Waals surface area contributed by atoms with Crippen molar-refractivity contribution in [1.82, 2.24) is 14.8 Å². The van der Waals surface area contributed by atoms with Crippen LogP contribution < -0.4 is 5.32 Å². The van der Waals surface area contributed by atoms with Crippen LogP contribution in [0.2, 0.25) is 0 Å². The van der Waals surface area contributed by atoms with Crippen LogP contribution in [0.5, 0.6) is 0 Å². The van der Waals surface area contributed by atoms with Crippen molar-refractivity contribution in [3.8, 4) is 5.69 Å². The van der Waals surface area contributed by atoms with Gasteiger partial charge in [0.15, 0.2) is 11.3 Å². The molecule has 2 N–H and O–H groups in total. The summed E-state index contributed by atoms with van der Waals surface area (Å²) in [5, 5.41) is 18.7. The van der Waals surface area contributed by atoms with Gasteiger partial charge in [0.25, 0.3) is 0 Å². The Labute approximate surface area is 167 Å². The van der Waals surface area contributed by atoms with Gasteiger partial charge >= 0.3 is 5.97 Å². The third kappa shape index (κ3) is 3.14. The van der Waals surface area contributed by atoms with Crippen molar-refractivity contribution in [3.63, 3.8) is 0 Å². The largest absolute Gasteiger partial charge is 0.477 e. The van der Waals surface area contributed by atoms with Crippen molar-refractivity contribution >= 4 is 22.7 Å². The topological polar surface area (TPSA) is 93.2 Å². The lowest BCUT2D eigenvalue weighted by molar-refractivity contribution is 0.0691. The number of aromatic carboxylic acids is 1. The zero-order chi connectivity index (χ0) is 19.8. The monoisotopic (exact) mass is 388 g/mol. The van der Waals surface area contributed by atoms with Crippen molar-refractivity contribution in [2.24, 2.45) is 0 Å². The van der Waals surface area contributed by atoms with Crippen LogP contribution in [0.4, 0.5) is 5.69 Å². The molecule has 7 heteroatoms. The number of carbonyl (C=O) groups is 1. The number of anilines is 1. The van der Waals surface area contributed by atoms with Crippen LogP contribution in [0.3, 0.4) is 0 Å². The number of rotatable bonds is 6. The van der Waals surface area contributed by atoms with Gasteiger partial charge in [-0.15, -0.1) is 0 Å². The fourth-order valence-corrected chi connectivity index (χ4v) is 3.70. The number of fused-ring (bicyclic) bond motifs is 1. The van der Waals surface area contributed by atoms with E-state index in [9.17, 15) is 9.90 Å². The number of nitrogens with one attached hydrogen (secondary N) is 1. The van der Waals surface area contributed by atoms with Gasteiger partial charge in [-0.2, -0.15) is 5.10 Å². The van der Waals surface area contributed by atoms with Gasteiger partial charge in [-0.25, -0.2) is 14.5 Å². The molecular formula is C22H20N4O3. The highest BCUT2D eigenvalue weighted by Gasteiger charge is 2.29. The second-order valence-electron chi connectivity index (χ2n) is 7.25. The number of aromatic nitrogens is 3. The molecule has 1 saturated carbocycles. The normalized spacial score (nSPS) is 14.1. The van der Waals surface area contributed by atoms with Crippen LogP contribution in [-0.4, -0.2) is 25.8 Å². The smallest absolute Gasteiger partial charge is 0.354 e. The summed E-state index contributed by atoms with van der Waals surface area (Å²) < 4.78 is 7.17. The standard InChI is InChI=1S/C22H20N4O3/c27-22(28)18-12-17(23-13-16-10-5-11-29-16)19-20(14-6-4-7-14)25-26(21(19)24-18)15-8-2-1-3-9-15/h1-3,5,8-12,14H,4,6-7,13H2,(H,23,24)(H,27,28). The van der Waals surface area contributed by atoms with Gasteiger partial charge < -0.3 is 14.8 Å². The number of carboxylic acids is 1. The molecule has 0 unspecified atom stereocenters. The van der Waals surface area contributed by atoms with E-state index in [1.54, 1.807) is 17.0 Å². The van der Waals surface area contributed by atoms with Crippen molar-refractivity contribution < 1.29 is 14.3 Å². The molecule has 1 aliphatic carbocycles. The molecule has 146 valence electrons. The Balaban J connectivity index is 1.71. The SMILES string of the molecule is O=C(O)c1cc(NCc2ccco2)c2c(C3CCC3)nn(-c3ccccc3)c2n1. The van der Waals surface area contributed by atoms with E-state index in [2.05, 4.69) is 10.3 Å². The molecule has 0 saturated heterocycles. The second kappa shape index (κ2) is 7.09. The van der Waals surface area contributed by atoms with Crippen molar-refractivity contribution in [3.05, 3.63) is 71.9 Å². The molecule has 0 amide bonds. The fourth-order valence-electron chi connectivity index (χ4n) is 3.70. The maximum atomic E-state index is 11.7. The fraction of sp³-hybridized carbons (Fsp3) is 0.227. The Bertz CT molecular complexity index is 1160. The molecule has 1 fully saturated rings. The molecule has 4 aromatic rings. The van der Waals surface area contributed by atoms with Crippen LogP contribution in [-0.2, 0) is 6.54 Å². The first-order valence-corrected chi connectivity index (χ1v) is 9.69. The molecule has 0 atom stereocenters. The van der Waals surface area contributed by atoms with Crippen LogP contribution in [0.15, 0.2) is 59.2 Å². The highest BCUT2D eigenvalue weighted by molar-refractivity contribution is 5.98. The van der Waals surface area contributed by atoms with Crippen molar-refractivity contribution in [1.29, 1.82) is 0 Å². The van der Waals surface area contributed by atoms with Gasteiger partial charge in [0.1, 0.15) is 5.76 Å². The average molecular weight is 388 g/mol. The molecule has 0 spiro atoms. The van der Waals surface area contributed by atoms with Gasteiger partial charge in [0.2, 0.25) is 0 Å². The number of nitrogens with zero attached hydrogens (tertiary/aromatic N) is 3. The zero-order valence-electron chi connectivity index (χ0n) is 15.7. The first-order valence-electron chi connectivity index (χ1n) is 9.69. The summed E-state index contributed by atoms with van der Waals surface area (Å²) in [7, 11) is 0. The van der Waals surface area contributed by atoms with E-state index in [0.29, 0.717) is 23.8 Å². The molecule has 1 aliphatic rings. The van der Waals surface area contributed by atoms with E-state index in [1.807, 2.05) is 42.5 Å². The predicted octanol–water partition coefficient (Wildman–Crippen LogP) is 4.59. The summed E-state index contributed by atoms with van der Waals surface area (Å²) in [6, 6.07) is 15.0. The van der Waals surface area contributed by atoms with Crippen LogP contribution in [0.25, 0.3) is 16.7 Å². The number of pyridine rings is 1. The minimum atomic E-state index is -1.07. The minimum Gasteiger partial charge on any atom is -0.477 e. The number of hydrogen-bond donors (Lipinski definition) is 2. The van der Waals surface area contributed by atoms with Crippen LogP contribution >= 0.6 is 0 Å². The average Bonchev–Trinajstić information content (AvgIpc) is 3.34. The van der Waals surface area contributed by atoms with E-state index in [0.717, 1.165) is 35.4 Å². The van der Waals surface area contributed by atoms with Crippen molar-refractivity contribution in [2.45, 2.75) is 31.7 Å². The molecule has 1 aromatic carbocycles. The van der Waals surface area contributed by atoms with E-state index >= 15 is 0 Å². The third-order valence-corrected chi connectivity index (χ3v) is 5.41. The Kier molecular flexibility index (Phi) is 4.27. The van der Waals surface area contributed by atoms with Gasteiger partial charge in [-0.1, -0.05) is 24.6 Å². The van der Waals surface area contributed by atoms with Crippen molar-refractivity contribution in [2.75, 3.05) is 5.32 Å². The van der Waals surface area contributed by atoms with E-state index in [-0.39, 0.29) is 5.69 Å². The first kappa shape index (κ1) is 17.5. The lowest BCUT2D eigenvalue weighted by atomic mass is 9.82. The van der Waals surface area contributed by atoms with Gasteiger partial charge in [-0.05, 0) is 43.2 Å². The number of carboxylic acid groups (broad SMARTS) is 1. The summed E-state index contributed by atoms with van der Waals surface area (Å²) in [6.45, 7) is 0.450. The van der Waals surface area contributed by atoms with Crippen LogP contribution in [0, 0.1) is 0 Å². The quantitative estimate of drug-likeness (QED) is 0.502. The first-order chi connectivity index (χ1) is 14.2. The Morgan fingerprint density at radius 2 is 2.03 bits per heavy atom. The Morgan fingerprint density at radius 3 is 2.69 bits per heavy atom. The summed E-state index contributed by atoms with van der Waals surface area (Å²) in [5.41, 5.74) is 3.08. The Hall–Kier alpha value is -3.61. The highest BCUT2D eigenvalue weighted by atomic mass is 16.4. The molecule has 5 rings (SSSR count). The molecule has 29 heavy (non-hydrogen) atoms. The summed E-state index contributed by atoms with van der Waals surface area (Å²) in [6.07, 6.45) is 4.97. The Morgan fingerprint density at radius 1 is 1.21 bits per heavy atom. The number of hydrogen-bond acceptors (Lipinski definition) is 5. The van der Waals surface area contributed by atoms with Crippen LogP contribution in [0.1, 0.15) is 47.1 Å². The summed E-state index contributed by atoms with van der Waals surface area (Å²) >= 11 is 0. The van der Waals surface area contributed by atoms with E-state index in [4.69, 9.17) is 9.52 Å². The number of furan rings is 1. The van der Waals surface area contributed by atoms with E-state index < -0.39 is 5.97 Å². The zero-order valence-corrected chi connectivity index (χ0v) is 15.7. The predicted molar refractivity (Wildman–Crippen MR) is 108 cm³/mol. The molecule has 3 aromatic heterocycles. The third-order valence-electron chi connectivity index (χ3n) is 5.41. The molecule has 0 radical (unpaired) electrons. The van der Waals surface area contributed by atoms with Gasteiger partial charge in [-0.3, -0.25) is 0 Å². The minimum absolute atomic E-state index is 0.0170. The maximum absolute atomic E-state index is 11.7. The molecule has 0 bridgehead atoms. The van der Waals surface area contributed by atoms with Gasteiger partial charge in [0, 0.05) is 11.6 Å². The van der Waals surface area contributed by atoms with E-state index in [1.165, 1.54) is 6.42 Å². The second-order valence-corrected chi connectivity index (χ2v) is 7.25. The maximum Gasteiger partial charge on any atom is 0.354 e. The number of para-hydroxylation sites is 1. The molecule has 7 nitrogen and oxygen atoms in total. The summed E-state index contributed by atoms with van der Waals surface area (Å²) in [4.78, 5) is 16.2. The molecule has 0 aliphatic heterocycles. The lowest BCUT2D eigenvalue weighted by Crippen LogP contribution is -2.11. The molecular weight excluding hydrogens is 368 g/mol. The summed E-state index contributed by atoms with van der Waals surface area (Å²) in [5.74, 6) is 0.0653.